The van der Waals surface area contributed by atoms with E-state index >= 15 is 0 Å². The lowest BCUT2D eigenvalue weighted by Gasteiger charge is -2.13. The number of carbonyl (C=O) groups is 1. The van der Waals surface area contributed by atoms with Crippen LogP contribution in [0.3, 0.4) is 0 Å². The van der Waals surface area contributed by atoms with Gasteiger partial charge in [0, 0.05) is 10.9 Å². The molecule has 0 fully saturated rings. The van der Waals surface area contributed by atoms with Gasteiger partial charge >= 0.3 is 5.97 Å². The van der Waals surface area contributed by atoms with Gasteiger partial charge in [0.2, 0.25) is 0 Å². The van der Waals surface area contributed by atoms with Crippen molar-refractivity contribution in [3.8, 4) is 5.75 Å². The number of thiophene rings is 1. The molecule has 0 amide bonds. The number of rotatable bonds is 6. The molecule has 0 unspecified atom stereocenters. The number of anilines is 2. The molecule has 1 heterocycles. The highest BCUT2D eigenvalue weighted by molar-refractivity contribution is 7.80. The maximum absolute atomic E-state index is 12.2. The third-order valence-corrected chi connectivity index (χ3v) is 5.09. The van der Waals surface area contributed by atoms with Crippen LogP contribution >= 0.6 is 23.6 Å². The Hall–Kier alpha value is -2.72. The second-order valence-corrected chi connectivity index (χ2v) is 7.04. The van der Waals surface area contributed by atoms with Crippen LogP contribution < -0.4 is 15.4 Å². The van der Waals surface area contributed by atoms with Crippen LogP contribution in [0.2, 0.25) is 0 Å². The molecular weight excluding hydrogens is 390 g/mol. The van der Waals surface area contributed by atoms with E-state index < -0.39 is 10.9 Å². The number of non-ortho nitro benzene ring substituents is 1. The highest BCUT2D eigenvalue weighted by atomic mass is 32.1. The fraction of sp³-hybridized carbons (Fsp3) is 0.294. The Morgan fingerprint density at radius 1 is 1.33 bits per heavy atom. The summed E-state index contributed by atoms with van der Waals surface area (Å²) in [5.74, 6) is -0.160. The Kier molecular flexibility index (Phi) is 6.70. The first kappa shape index (κ1) is 20.6. The summed E-state index contributed by atoms with van der Waals surface area (Å²) < 4.78 is 10.1. The highest BCUT2D eigenvalue weighted by Crippen LogP contribution is 2.34. The first-order valence-corrected chi connectivity index (χ1v) is 9.15. The minimum atomic E-state index is -0.508. The minimum absolute atomic E-state index is 0.0919. The zero-order valence-corrected chi connectivity index (χ0v) is 16.9. The van der Waals surface area contributed by atoms with Crippen LogP contribution in [0.25, 0.3) is 0 Å². The van der Waals surface area contributed by atoms with Gasteiger partial charge in [0.05, 0.1) is 36.5 Å². The molecule has 0 aliphatic rings. The number of nitro benzene ring substituents is 1. The van der Waals surface area contributed by atoms with Gasteiger partial charge in [-0.25, -0.2) is 4.79 Å². The minimum Gasteiger partial charge on any atom is -0.494 e. The van der Waals surface area contributed by atoms with Crippen molar-refractivity contribution in [2.75, 3.05) is 24.9 Å². The number of nitrogens with zero attached hydrogens (tertiary/aromatic N) is 1. The number of aryl methyl sites for hydroxylation is 1. The van der Waals surface area contributed by atoms with E-state index in [1.165, 1.54) is 43.8 Å². The molecule has 0 atom stereocenters. The predicted octanol–water partition coefficient (Wildman–Crippen LogP) is 4.13. The second-order valence-electron chi connectivity index (χ2n) is 5.41. The van der Waals surface area contributed by atoms with E-state index in [1.807, 2.05) is 13.8 Å². The summed E-state index contributed by atoms with van der Waals surface area (Å²) in [5.41, 5.74) is 1.74. The number of hydrogen-bond acceptors (Lipinski definition) is 7. The standard InChI is InChI=1S/C17H19N3O5S2/c1-5-11-9(2)27-15(14(11)16(21)25-4)19-17(26)18-12-7-6-10(20(22)23)8-13(12)24-3/h6-8H,5H2,1-4H3,(H2,18,19,26). The molecule has 10 heteroatoms. The molecule has 0 saturated carbocycles. The number of thiocarbonyl (C=S) groups is 1. The van der Waals surface area contributed by atoms with Crippen molar-refractivity contribution >= 4 is 51.0 Å². The first-order chi connectivity index (χ1) is 12.8. The van der Waals surface area contributed by atoms with Gasteiger partial charge in [0.15, 0.2) is 5.11 Å². The van der Waals surface area contributed by atoms with Crippen LogP contribution in [0.5, 0.6) is 5.75 Å². The summed E-state index contributed by atoms with van der Waals surface area (Å²) >= 11 is 6.73. The van der Waals surface area contributed by atoms with Crippen molar-refractivity contribution in [1.29, 1.82) is 0 Å². The van der Waals surface area contributed by atoms with Crippen molar-refractivity contribution in [2.24, 2.45) is 0 Å². The SMILES string of the molecule is CCc1c(C)sc(NC(=S)Nc2ccc([N+](=O)[O-])cc2OC)c1C(=O)OC. The summed E-state index contributed by atoms with van der Waals surface area (Å²) in [5, 5.41) is 17.6. The van der Waals surface area contributed by atoms with Gasteiger partial charge in [-0.1, -0.05) is 6.92 Å². The molecule has 2 rings (SSSR count). The molecule has 1 aromatic carbocycles. The van der Waals surface area contributed by atoms with E-state index in [0.717, 1.165) is 10.4 Å². The fourth-order valence-electron chi connectivity index (χ4n) is 2.56. The molecule has 27 heavy (non-hydrogen) atoms. The molecule has 0 bridgehead atoms. The van der Waals surface area contributed by atoms with Crippen LogP contribution in [0.4, 0.5) is 16.4 Å². The Bertz CT molecular complexity index is 895. The maximum atomic E-state index is 12.2. The third kappa shape index (κ3) is 4.52. The Labute approximate surface area is 165 Å². The predicted molar refractivity (Wildman–Crippen MR) is 109 cm³/mol. The summed E-state index contributed by atoms with van der Waals surface area (Å²) in [7, 11) is 2.74. The average Bonchev–Trinajstić information content (AvgIpc) is 2.95. The van der Waals surface area contributed by atoms with Crippen molar-refractivity contribution in [1.82, 2.24) is 0 Å². The number of benzene rings is 1. The van der Waals surface area contributed by atoms with Gasteiger partial charge in [0.1, 0.15) is 10.8 Å². The van der Waals surface area contributed by atoms with Gasteiger partial charge < -0.3 is 20.1 Å². The quantitative estimate of drug-likeness (QED) is 0.318. The summed E-state index contributed by atoms with van der Waals surface area (Å²) in [6.45, 7) is 3.89. The van der Waals surface area contributed by atoms with Gasteiger partial charge in [0.25, 0.3) is 5.69 Å². The maximum Gasteiger partial charge on any atom is 0.341 e. The average molecular weight is 409 g/mol. The monoisotopic (exact) mass is 409 g/mol. The van der Waals surface area contributed by atoms with Crippen LogP contribution in [0.15, 0.2) is 18.2 Å². The number of nitro groups is 1. The van der Waals surface area contributed by atoms with E-state index in [-0.39, 0.29) is 16.5 Å². The van der Waals surface area contributed by atoms with Gasteiger partial charge in [-0.05, 0) is 37.2 Å². The summed E-state index contributed by atoms with van der Waals surface area (Å²) in [4.78, 5) is 23.5. The van der Waals surface area contributed by atoms with E-state index in [2.05, 4.69) is 10.6 Å². The molecule has 0 aliphatic carbocycles. The Balaban J connectivity index is 2.26. The molecule has 144 valence electrons. The normalized spacial score (nSPS) is 10.2. The number of hydrogen-bond donors (Lipinski definition) is 2. The van der Waals surface area contributed by atoms with Crippen LogP contribution in [-0.4, -0.2) is 30.2 Å². The topological polar surface area (TPSA) is 103 Å². The number of carbonyl (C=O) groups excluding carboxylic acids is 1. The summed E-state index contributed by atoms with van der Waals surface area (Å²) in [6, 6.07) is 4.15. The molecular formula is C17H19N3O5S2. The molecule has 0 aliphatic heterocycles. The van der Waals surface area contributed by atoms with E-state index in [9.17, 15) is 14.9 Å². The Morgan fingerprint density at radius 3 is 2.59 bits per heavy atom. The zero-order valence-electron chi connectivity index (χ0n) is 15.2. The van der Waals surface area contributed by atoms with Gasteiger partial charge in [-0.15, -0.1) is 11.3 Å². The molecule has 1 aromatic heterocycles. The second kappa shape index (κ2) is 8.78. The molecule has 2 N–H and O–H groups in total. The third-order valence-electron chi connectivity index (χ3n) is 3.82. The molecule has 2 aromatic rings. The Morgan fingerprint density at radius 2 is 2.04 bits per heavy atom. The van der Waals surface area contributed by atoms with Crippen LogP contribution in [0.1, 0.15) is 27.7 Å². The smallest absolute Gasteiger partial charge is 0.341 e. The lowest BCUT2D eigenvalue weighted by Crippen LogP contribution is -2.20. The van der Waals surface area contributed by atoms with E-state index in [1.54, 1.807) is 0 Å². The largest absolute Gasteiger partial charge is 0.494 e. The van der Waals surface area contributed by atoms with Crippen molar-refractivity contribution in [3.63, 3.8) is 0 Å². The van der Waals surface area contributed by atoms with Crippen molar-refractivity contribution in [2.45, 2.75) is 20.3 Å². The van der Waals surface area contributed by atoms with E-state index in [0.29, 0.717) is 22.7 Å². The number of esters is 1. The molecule has 0 saturated heterocycles. The van der Waals surface area contributed by atoms with Crippen molar-refractivity contribution in [3.05, 3.63) is 44.3 Å². The van der Waals surface area contributed by atoms with E-state index in [4.69, 9.17) is 21.7 Å². The summed E-state index contributed by atoms with van der Waals surface area (Å²) in [6.07, 6.45) is 0.685. The number of ether oxygens (including phenoxy) is 2. The van der Waals surface area contributed by atoms with Crippen LogP contribution in [0, 0.1) is 17.0 Å². The lowest BCUT2D eigenvalue weighted by atomic mass is 10.1. The molecule has 0 radical (unpaired) electrons. The lowest BCUT2D eigenvalue weighted by molar-refractivity contribution is -0.384. The van der Waals surface area contributed by atoms with Crippen molar-refractivity contribution < 1.29 is 19.2 Å². The van der Waals surface area contributed by atoms with Crippen LogP contribution in [-0.2, 0) is 11.2 Å². The molecule has 8 nitrogen and oxygen atoms in total. The zero-order chi connectivity index (χ0) is 20.1. The van der Waals surface area contributed by atoms with Gasteiger partial charge in [-0.3, -0.25) is 10.1 Å². The number of methoxy groups -OCH3 is 2. The highest BCUT2D eigenvalue weighted by Gasteiger charge is 2.22. The first-order valence-electron chi connectivity index (χ1n) is 7.93. The fourth-order valence-corrected chi connectivity index (χ4v) is 3.98. The number of nitrogens with one attached hydrogen (secondary N) is 2. The van der Waals surface area contributed by atoms with Gasteiger partial charge in [-0.2, -0.15) is 0 Å². The molecule has 0 spiro atoms.